The Morgan fingerprint density at radius 3 is 2.09 bits per heavy atom. The molecule has 3 amide bonds. The zero-order valence-corrected chi connectivity index (χ0v) is 13.9. The Labute approximate surface area is 131 Å². The van der Waals surface area contributed by atoms with Crippen LogP contribution >= 0.6 is 0 Å². The molecule has 0 unspecified atom stereocenters. The second kappa shape index (κ2) is 9.24. The van der Waals surface area contributed by atoms with Gasteiger partial charge < -0.3 is 25.8 Å². The van der Waals surface area contributed by atoms with Crippen LogP contribution in [-0.2, 0) is 14.3 Å². The van der Waals surface area contributed by atoms with E-state index in [0.717, 1.165) is 0 Å². The normalized spacial score (nSPS) is 13.7. The Kier molecular flexibility index (Phi) is 8.47. The SMILES string of the molecule is C[C@H](NC(=O)OC(C)(C)C)C(=O)N[C@@H](C)C(=O)NCCCO. The fourth-order valence-corrected chi connectivity index (χ4v) is 1.40. The average molecular weight is 317 g/mol. The van der Waals surface area contributed by atoms with Crippen molar-refractivity contribution in [1.82, 2.24) is 16.0 Å². The van der Waals surface area contributed by atoms with E-state index < -0.39 is 29.7 Å². The summed E-state index contributed by atoms with van der Waals surface area (Å²) in [6, 6.07) is -1.57. The highest BCUT2D eigenvalue weighted by Gasteiger charge is 2.23. The van der Waals surface area contributed by atoms with Crippen molar-refractivity contribution in [2.45, 2.75) is 58.7 Å². The highest BCUT2D eigenvalue weighted by Crippen LogP contribution is 2.06. The second-order valence-corrected chi connectivity index (χ2v) is 5.97. The van der Waals surface area contributed by atoms with Crippen LogP contribution in [0.5, 0.6) is 0 Å². The number of carbonyl (C=O) groups is 3. The van der Waals surface area contributed by atoms with E-state index in [1.807, 2.05) is 0 Å². The highest BCUT2D eigenvalue weighted by molar-refractivity contribution is 5.90. The van der Waals surface area contributed by atoms with E-state index in [9.17, 15) is 14.4 Å². The molecule has 0 heterocycles. The van der Waals surface area contributed by atoms with Crippen LogP contribution in [0.3, 0.4) is 0 Å². The Bertz CT molecular complexity index is 392. The Morgan fingerprint density at radius 1 is 1.05 bits per heavy atom. The van der Waals surface area contributed by atoms with Crippen molar-refractivity contribution in [2.75, 3.05) is 13.2 Å². The molecule has 22 heavy (non-hydrogen) atoms. The lowest BCUT2D eigenvalue weighted by molar-refractivity contribution is -0.129. The maximum absolute atomic E-state index is 11.9. The van der Waals surface area contributed by atoms with Gasteiger partial charge in [0.15, 0.2) is 0 Å². The maximum atomic E-state index is 11.9. The zero-order valence-electron chi connectivity index (χ0n) is 13.9. The van der Waals surface area contributed by atoms with Gasteiger partial charge in [0.05, 0.1) is 0 Å². The minimum atomic E-state index is -0.831. The van der Waals surface area contributed by atoms with E-state index in [0.29, 0.717) is 13.0 Å². The van der Waals surface area contributed by atoms with Crippen molar-refractivity contribution in [3.63, 3.8) is 0 Å². The number of aliphatic hydroxyl groups excluding tert-OH is 1. The van der Waals surface area contributed by atoms with Crippen molar-refractivity contribution < 1.29 is 24.2 Å². The van der Waals surface area contributed by atoms with Crippen LogP contribution < -0.4 is 16.0 Å². The molecule has 0 aromatic rings. The maximum Gasteiger partial charge on any atom is 0.408 e. The van der Waals surface area contributed by atoms with Gasteiger partial charge in [-0.3, -0.25) is 9.59 Å². The van der Waals surface area contributed by atoms with Crippen LogP contribution in [-0.4, -0.2) is 53.9 Å². The van der Waals surface area contributed by atoms with E-state index in [4.69, 9.17) is 9.84 Å². The summed E-state index contributed by atoms with van der Waals surface area (Å²) < 4.78 is 5.04. The summed E-state index contributed by atoms with van der Waals surface area (Å²) in [6.07, 6.45) is -0.251. The van der Waals surface area contributed by atoms with E-state index in [1.165, 1.54) is 13.8 Å². The molecule has 0 aliphatic heterocycles. The van der Waals surface area contributed by atoms with Crippen molar-refractivity contribution in [3.8, 4) is 0 Å². The minimum Gasteiger partial charge on any atom is -0.444 e. The number of hydrogen-bond donors (Lipinski definition) is 4. The summed E-state index contributed by atoms with van der Waals surface area (Å²) in [5.74, 6) is -0.845. The van der Waals surface area contributed by atoms with Crippen LogP contribution in [0.15, 0.2) is 0 Å². The van der Waals surface area contributed by atoms with Crippen molar-refractivity contribution in [2.24, 2.45) is 0 Å². The molecule has 0 saturated carbocycles. The van der Waals surface area contributed by atoms with Gasteiger partial charge in [-0.1, -0.05) is 0 Å². The number of hydrogen-bond acceptors (Lipinski definition) is 5. The molecule has 0 aliphatic rings. The van der Waals surface area contributed by atoms with Gasteiger partial charge in [-0.15, -0.1) is 0 Å². The first-order valence-electron chi connectivity index (χ1n) is 7.25. The fraction of sp³-hybridized carbons (Fsp3) is 0.786. The molecular formula is C14H27N3O5. The van der Waals surface area contributed by atoms with Crippen LogP contribution in [0.25, 0.3) is 0 Å². The second-order valence-electron chi connectivity index (χ2n) is 5.97. The van der Waals surface area contributed by atoms with Crippen molar-refractivity contribution >= 4 is 17.9 Å². The van der Waals surface area contributed by atoms with E-state index >= 15 is 0 Å². The molecule has 0 spiro atoms. The number of alkyl carbamates (subject to hydrolysis) is 1. The number of amides is 3. The predicted molar refractivity (Wildman–Crippen MR) is 81.1 cm³/mol. The predicted octanol–water partition coefficient (Wildman–Crippen LogP) is -0.0971. The van der Waals surface area contributed by atoms with Gasteiger partial charge in [0.25, 0.3) is 0 Å². The quantitative estimate of drug-likeness (QED) is 0.489. The fourth-order valence-electron chi connectivity index (χ4n) is 1.40. The molecule has 128 valence electrons. The summed E-state index contributed by atoms with van der Waals surface area (Å²) in [7, 11) is 0. The van der Waals surface area contributed by atoms with Crippen LogP contribution in [0, 0.1) is 0 Å². The van der Waals surface area contributed by atoms with Crippen LogP contribution in [0.2, 0.25) is 0 Å². The topological polar surface area (TPSA) is 117 Å². The van der Waals surface area contributed by atoms with E-state index in [1.54, 1.807) is 20.8 Å². The third kappa shape index (κ3) is 9.17. The summed E-state index contributed by atoms with van der Waals surface area (Å²) in [5, 5.41) is 16.1. The molecule has 4 N–H and O–H groups in total. The summed E-state index contributed by atoms with van der Waals surface area (Å²) in [5.41, 5.74) is -0.653. The third-order valence-electron chi connectivity index (χ3n) is 2.51. The number of aliphatic hydroxyl groups is 1. The largest absolute Gasteiger partial charge is 0.444 e. The van der Waals surface area contributed by atoms with Crippen LogP contribution in [0.1, 0.15) is 41.0 Å². The lowest BCUT2D eigenvalue weighted by Gasteiger charge is -2.22. The first-order chi connectivity index (χ1) is 10.1. The van der Waals surface area contributed by atoms with E-state index in [2.05, 4.69) is 16.0 Å². The van der Waals surface area contributed by atoms with Gasteiger partial charge >= 0.3 is 6.09 Å². The van der Waals surface area contributed by atoms with Gasteiger partial charge in [0.1, 0.15) is 17.7 Å². The first kappa shape index (κ1) is 20.2. The number of carbonyl (C=O) groups excluding carboxylic acids is 3. The molecule has 8 heteroatoms. The molecule has 0 aliphatic carbocycles. The van der Waals surface area contributed by atoms with Crippen molar-refractivity contribution in [1.29, 1.82) is 0 Å². The Morgan fingerprint density at radius 2 is 1.59 bits per heavy atom. The molecule has 0 rings (SSSR count). The number of nitrogens with one attached hydrogen (secondary N) is 3. The molecule has 0 bridgehead atoms. The standard InChI is InChI=1S/C14H27N3O5/c1-9(11(19)15-7-6-8-18)16-12(20)10(2)17-13(21)22-14(3,4)5/h9-10,18H,6-8H2,1-5H3,(H,15,19)(H,16,20)(H,17,21)/t9-,10-/m0/s1. The Balaban J connectivity index is 4.23. The van der Waals surface area contributed by atoms with Crippen molar-refractivity contribution in [3.05, 3.63) is 0 Å². The first-order valence-corrected chi connectivity index (χ1v) is 7.25. The summed E-state index contributed by atoms with van der Waals surface area (Å²) in [4.78, 5) is 35.1. The van der Waals surface area contributed by atoms with E-state index in [-0.39, 0.29) is 12.5 Å². The smallest absolute Gasteiger partial charge is 0.408 e. The van der Waals surface area contributed by atoms with Gasteiger partial charge in [0, 0.05) is 13.2 Å². The molecular weight excluding hydrogens is 290 g/mol. The molecule has 0 fully saturated rings. The monoisotopic (exact) mass is 317 g/mol. The van der Waals surface area contributed by atoms with Gasteiger partial charge in [-0.25, -0.2) is 4.79 Å². The Hall–Kier alpha value is -1.83. The average Bonchev–Trinajstić information content (AvgIpc) is 2.36. The van der Waals surface area contributed by atoms with Gasteiger partial charge in [-0.2, -0.15) is 0 Å². The third-order valence-corrected chi connectivity index (χ3v) is 2.51. The zero-order chi connectivity index (χ0) is 17.3. The summed E-state index contributed by atoms with van der Waals surface area (Å²) >= 11 is 0. The molecule has 0 saturated heterocycles. The lowest BCUT2D eigenvalue weighted by Crippen LogP contribution is -2.52. The van der Waals surface area contributed by atoms with Crippen LogP contribution in [0.4, 0.5) is 4.79 Å². The highest BCUT2D eigenvalue weighted by atomic mass is 16.6. The van der Waals surface area contributed by atoms with Gasteiger partial charge in [0.2, 0.25) is 11.8 Å². The minimum absolute atomic E-state index is 0.0160. The molecule has 0 aromatic carbocycles. The molecule has 2 atom stereocenters. The van der Waals surface area contributed by atoms with Gasteiger partial charge in [-0.05, 0) is 41.0 Å². The lowest BCUT2D eigenvalue weighted by atomic mass is 10.2. The number of rotatable bonds is 7. The summed E-state index contributed by atoms with van der Waals surface area (Å²) in [6.45, 7) is 8.50. The number of ether oxygens (including phenoxy) is 1. The molecule has 0 aromatic heterocycles. The molecule has 8 nitrogen and oxygen atoms in total. The molecule has 0 radical (unpaired) electrons.